The molecule has 0 radical (unpaired) electrons. The van der Waals surface area contributed by atoms with Gasteiger partial charge in [0.2, 0.25) is 0 Å². The number of amidine groups is 1. The predicted molar refractivity (Wildman–Crippen MR) is 141 cm³/mol. The van der Waals surface area contributed by atoms with E-state index in [1.165, 1.54) is 33.7 Å². The van der Waals surface area contributed by atoms with E-state index in [9.17, 15) is 0 Å². The molecule has 4 heteroatoms. The van der Waals surface area contributed by atoms with Gasteiger partial charge in [0, 0.05) is 10.4 Å². The van der Waals surface area contributed by atoms with E-state index in [2.05, 4.69) is 89.2 Å². The smallest absolute Gasteiger partial charge is 0.174 e. The molecule has 0 unspecified atom stereocenters. The van der Waals surface area contributed by atoms with Crippen molar-refractivity contribution in [2.24, 2.45) is 4.99 Å². The van der Waals surface area contributed by atoms with Gasteiger partial charge in [-0.1, -0.05) is 96.2 Å². The number of allylic oxidation sites excluding steroid dienone is 1. The predicted octanol–water partition coefficient (Wildman–Crippen LogP) is 8.32. The highest BCUT2D eigenvalue weighted by Crippen LogP contribution is 2.51. The van der Waals surface area contributed by atoms with Crippen molar-refractivity contribution in [2.45, 2.75) is 25.3 Å². The van der Waals surface area contributed by atoms with Crippen LogP contribution in [0.5, 0.6) is 0 Å². The van der Waals surface area contributed by atoms with Gasteiger partial charge >= 0.3 is 0 Å². The minimum atomic E-state index is 0.144. The molecule has 0 spiro atoms. The normalized spacial score (nSPS) is 20.9. The van der Waals surface area contributed by atoms with Gasteiger partial charge in [0.05, 0.1) is 17.4 Å². The SMILES string of the molecule is Clc1ccc(C2=CSC3=NC4=C(CCC/C4=C\c4ccccc4)[C@@H](c4ccccc4)N23)cc1. The van der Waals surface area contributed by atoms with Gasteiger partial charge in [0.1, 0.15) is 0 Å². The Morgan fingerprint density at radius 3 is 2.36 bits per heavy atom. The van der Waals surface area contributed by atoms with Crippen LogP contribution in [0.3, 0.4) is 0 Å². The van der Waals surface area contributed by atoms with Gasteiger partial charge in [-0.15, -0.1) is 0 Å². The lowest BCUT2D eigenvalue weighted by Crippen LogP contribution is -2.34. The number of halogens is 1. The lowest BCUT2D eigenvalue weighted by molar-refractivity contribution is 0.458. The molecule has 2 heterocycles. The molecule has 3 aliphatic rings. The number of thioether (sulfide) groups is 1. The second-order valence-corrected chi connectivity index (χ2v) is 9.79. The van der Waals surface area contributed by atoms with Crippen molar-refractivity contribution in [3.8, 4) is 0 Å². The zero-order valence-corrected chi connectivity index (χ0v) is 19.7. The first-order chi connectivity index (χ1) is 16.3. The first kappa shape index (κ1) is 20.6. The topological polar surface area (TPSA) is 15.6 Å². The third kappa shape index (κ3) is 3.86. The summed E-state index contributed by atoms with van der Waals surface area (Å²) in [5.41, 5.74) is 8.84. The summed E-state index contributed by atoms with van der Waals surface area (Å²) >= 11 is 7.89. The molecule has 3 aromatic rings. The standard InChI is InChI=1S/C29H23ClN2S/c30-24-16-14-21(15-17-24)26-19-33-29-31-27-23(18-20-8-3-1-4-9-20)12-7-13-25(27)28(32(26)29)22-10-5-2-6-11-22/h1-6,8-11,14-19,28H,7,12-13H2/b23-18+/t28-/m1/s1. The molecule has 2 aliphatic heterocycles. The summed E-state index contributed by atoms with van der Waals surface area (Å²) in [6.45, 7) is 0. The van der Waals surface area contributed by atoms with E-state index in [1.807, 2.05) is 12.1 Å². The number of aliphatic imine (C=N–C) groups is 1. The fraction of sp³-hybridized carbons (Fsp3) is 0.138. The van der Waals surface area contributed by atoms with Gasteiger partial charge in [-0.25, -0.2) is 4.99 Å². The average molecular weight is 467 g/mol. The maximum absolute atomic E-state index is 6.18. The van der Waals surface area contributed by atoms with Crippen LogP contribution in [0, 0.1) is 0 Å². The van der Waals surface area contributed by atoms with Gasteiger partial charge in [0.15, 0.2) is 5.17 Å². The van der Waals surface area contributed by atoms with Crippen LogP contribution in [0.25, 0.3) is 11.8 Å². The molecule has 1 atom stereocenters. The molecule has 3 aromatic carbocycles. The van der Waals surface area contributed by atoms with E-state index in [0.29, 0.717) is 0 Å². The van der Waals surface area contributed by atoms with Gasteiger partial charge in [0.25, 0.3) is 0 Å². The number of rotatable bonds is 3. The highest BCUT2D eigenvalue weighted by Gasteiger charge is 2.40. The average Bonchev–Trinajstić information content (AvgIpc) is 3.28. The minimum Gasteiger partial charge on any atom is -0.308 e. The summed E-state index contributed by atoms with van der Waals surface area (Å²) in [5.74, 6) is 0. The van der Waals surface area contributed by atoms with Crippen LogP contribution in [0.1, 0.15) is 42.0 Å². The number of hydrogen-bond donors (Lipinski definition) is 0. The first-order valence-electron chi connectivity index (χ1n) is 11.3. The van der Waals surface area contributed by atoms with Crippen LogP contribution in [-0.2, 0) is 0 Å². The van der Waals surface area contributed by atoms with Crippen LogP contribution in [0.2, 0.25) is 5.02 Å². The second-order valence-electron chi connectivity index (χ2n) is 8.51. The first-order valence-corrected chi connectivity index (χ1v) is 12.6. The summed E-state index contributed by atoms with van der Waals surface area (Å²) in [6, 6.07) is 29.7. The number of fused-ring (bicyclic) bond motifs is 1. The molecule has 0 fully saturated rings. The van der Waals surface area contributed by atoms with Crippen molar-refractivity contribution < 1.29 is 0 Å². The van der Waals surface area contributed by atoms with Crippen molar-refractivity contribution >= 4 is 40.3 Å². The maximum atomic E-state index is 6.18. The van der Waals surface area contributed by atoms with Crippen molar-refractivity contribution in [1.82, 2.24) is 4.90 Å². The minimum absolute atomic E-state index is 0.144. The largest absolute Gasteiger partial charge is 0.308 e. The van der Waals surface area contributed by atoms with Crippen LogP contribution in [0.4, 0.5) is 0 Å². The third-order valence-electron chi connectivity index (χ3n) is 6.43. The van der Waals surface area contributed by atoms with Crippen molar-refractivity contribution in [3.63, 3.8) is 0 Å². The summed E-state index contributed by atoms with van der Waals surface area (Å²) in [5, 5.41) is 4.04. The van der Waals surface area contributed by atoms with E-state index in [1.54, 1.807) is 11.8 Å². The highest BCUT2D eigenvalue weighted by atomic mass is 35.5. The van der Waals surface area contributed by atoms with E-state index in [-0.39, 0.29) is 6.04 Å². The molecule has 0 aromatic heterocycles. The zero-order chi connectivity index (χ0) is 22.2. The third-order valence-corrected chi connectivity index (χ3v) is 7.53. The molecule has 6 rings (SSSR count). The molecule has 0 N–H and O–H groups in total. The lowest BCUT2D eigenvalue weighted by atomic mass is 9.83. The summed E-state index contributed by atoms with van der Waals surface area (Å²) in [6.07, 6.45) is 5.59. The van der Waals surface area contributed by atoms with Gasteiger partial charge in [-0.3, -0.25) is 0 Å². The Labute approximate surface area is 204 Å². The molecule has 0 bridgehead atoms. The van der Waals surface area contributed by atoms with Crippen LogP contribution in [0.15, 0.2) is 112 Å². The Morgan fingerprint density at radius 2 is 1.61 bits per heavy atom. The Bertz CT molecular complexity index is 1300. The maximum Gasteiger partial charge on any atom is 0.174 e. The summed E-state index contributed by atoms with van der Waals surface area (Å²) in [7, 11) is 0. The lowest BCUT2D eigenvalue weighted by Gasteiger charge is -2.40. The van der Waals surface area contributed by atoms with Crippen molar-refractivity contribution in [1.29, 1.82) is 0 Å². The Hall–Kier alpha value is -3.01. The molecule has 2 nitrogen and oxygen atoms in total. The van der Waals surface area contributed by atoms with E-state index < -0.39 is 0 Å². The van der Waals surface area contributed by atoms with Gasteiger partial charge in [-0.2, -0.15) is 0 Å². The molecular formula is C29H23ClN2S. The fourth-order valence-electron chi connectivity index (χ4n) is 4.93. The molecule has 0 saturated heterocycles. The van der Waals surface area contributed by atoms with Crippen molar-refractivity contribution in [2.75, 3.05) is 0 Å². The summed E-state index contributed by atoms with van der Waals surface area (Å²) in [4.78, 5) is 7.68. The van der Waals surface area contributed by atoms with Crippen molar-refractivity contribution in [3.05, 3.63) is 129 Å². The number of nitrogens with zero attached hydrogens (tertiary/aromatic N) is 2. The number of benzene rings is 3. The van der Waals surface area contributed by atoms with Crippen LogP contribution in [-0.4, -0.2) is 10.1 Å². The van der Waals surface area contributed by atoms with Crippen LogP contribution >= 0.6 is 23.4 Å². The molecule has 33 heavy (non-hydrogen) atoms. The Balaban J connectivity index is 1.49. The summed E-state index contributed by atoms with van der Waals surface area (Å²) < 4.78 is 0. The Morgan fingerprint density at radius 1 is 0.879 bits per heavy atom. The molecule has 0 saturated carbocycles. The van der Waals surface area contributed by atoms with E-state index in [4.69, 9.17) is 16.6 Å². The molecular weight excluding hydrogens is 444 g/mol. The van der Waals surface area contributed by atoms with Gasteiger partial charge in [-0.05, 0) is 65.3 Å². The van der Waals surface area contributed by atoms with E-state index in [0.717, 1.165) is 35.0 Å². The Kier molecular flexibility index (Phi) is 5.45. The fourth-order valence-corrected chi connectivity index (χ4v) is 5.99. The zero-order valence-electron chi connectivity index (χ0n) is 18.1. The molecule has 1 aliphatic carbocycles. The van der Waals surface area contributed by atoms with E-state index >= 15 is 0 Å². The highest BCUT2D eigenvalue weighted by molar-refractivity contribution is 8.16. The van der Waals surface area contributed by atoms with Crippen LogP contribution < -0.4 is 0 Å². The quantitative estimate of drug-likeness (QED) is 0.385. The van der Waals surface area contributed by atoms with Gasteiger partial charge < -0.3 is 4.90 Å². The number of hydrogen-bond acceptors (Lipinski definition) is 3. The monoisotopic (exact) mass is 466 g/mol. The second kappa shape index (κ2) is 8.74. The molecule has 162 valence electrons. The molecule has 0 amide bonds.